The maximum Gasteiger partial charge on any atom is 0.237 e. The second-order valence-corrected chi connectivity index (χ2v) is 6.58. The number of carbonyl (C=O) groups excluding carboxylic acids is 1. The van der Waals surface area contributed by atoms with E-state index in [0.29, 0.717) is 6.54 Å². The summed E-state index contributed by atoms with van der Waals surface area (Å²) in [6, 6.07) is 3.16. The molecule has 5 nitrogen and oxygen atoms in total. The van der Waals surface area contributed by atoms with E-state index in [4.69, 9.17) is 0 Å². The van der Waals surface area contributed by atoms with E-state index in [1.165, 1.54) is 16.8 Å². The molecule has 142 valence electrons. The zero-order valence-electron chi connectivity index (χ0n) is 15.9. The lowest BCUT2D eigenvalue weighted by Crippen LogP contribution is -2.45. The topological polar surface area (TPSA) is 59.0 Å². The summed E-state index contributed by atoms with van der Waals surface area (Å²) in [5.41, 5.74) is 2.56. The largest absolute Gasteiger partial charge is 0.352 e. The van der Waals surface area contributed by atoms with Gasteiger partial charge in [0, 0.05) is 29.9 Å². The van der Waals surface area contributed by atoms with Gasteiger partial charge >= 0.3 is 0 Å². The van der Waals surface area contributed by atoms with Crippen LogP contribution in [-0.2, 0) is 11.3 Å². The van der Waals surface area contributed by atoms with Crippen molar-refractivity contribution in [3.05, 3.63) is 46.8 Å². The Kier molecular flexibility index (Phi) is 6.47. The van der Waals surface area contributed by atoms with Gasteiger partial charge in [0.1, 0.15) is 11.5 Å². The summed E-state index contributed by atoms with van der Waals surface area (Å²) < 4.78 is 28.7. The Bertz CT molecular complexity index is 788. The van der Waals surface area contributed by atoms with Crippen molar-refractivity contribution in [2.24, 2.45) is 0 Å². The summed E-state index contributed by atoms with van der Waals surface area (Å²) in [5.74, 6) is -1.36. The Morgan fingerprint density at radius 1 is 1.27 bits per heavy atom. The van der Waals surface area contributed by atoms with Gasteiger partial charge in [0.05, 0.1) is 11.7 Å². The van der Waals surface area contributed by atoms with E-state index in [-0.39, 0.29) is 23.7 Å². The first-order chi connectivity index (χ1) is 12.2. The third-order valence-electron chi connectivity index (χ3n) is 4.56. The monoisotopic (exact) mass is 364 g/mol. The maximum absolute atomic E-state index is 14.1. The van der Waals surface area contributed by atoms with Gasteiger partial charge in [0.15, 0.2) is 5.82 Å². The fourth-order valence-electron chi connectivity index (χ4n) is 2.64. The summed E-state index contributed by atoms with van der Waals surface area (Å²) in [4.78, 5) is 12.1. The summed E-state index contributed by atoms with van der Waals surface area (Å²) in [7, 11) is 0. The molecule has 0 fully saturated rings. The van der Waals surface area contributed by atoms with E-state index in [1.807, 2.05) is 27.7 Å². The lowest BCUT2D eigenvalue weighted by Gasteiger charge is -2.17. The van der Waals surface area contributed by atoms with E-state index in [2.05, 4.69) is 15.7 Å². The van der Waals surface area contributed by atoms with Crippen LogP contribution >= 0.6 is 0 Å². The first kappa shape index (κ1) is 20.0. The van der Waals surface area contributed by atoms with Gasteiger partial charge in [-0.3, -0.25) is 4.79 Å². The molecule has 2 atom stereocenters. The van der Waals surface area contributed by atoms with Crippen LogP contribution in [0.4, 0.5) is 8.78 Å². The number of nitrogens with one attached hydrogen (secondary N) is 2. The van der Waals surface area contributed by atoms with Crippen molar-refractivity contribution < 1.29 is 13.6 Å². The van der Waals surface area contributed by atoms with Crippen molar-refractivity contribution >= 4 is 5.91 Å². The number of hydrogen-bond donors (Lipinski definition) is 2. The molecule has 0 saturated heterocycles. The Balaban J connectivity index is 2.14. The van der Waals surface area contributed by atoms with Crippen molar-refractivity contribution in [3.8, 4) is 5.69 Å². The third-order valence-corrected chi connectivity index (χ3v) is 4.56. The number of halogens is 2. The Morgan fingerprint density at radius 3 is 2.58 bits per heavy atom. The minimum Gasteiger partial charge on any atom is -0.352 e. The van der Waals surface area contributed by atoms with Gasteiger partial charge in [-0.25, -0.2) is 13.5 Å². The number of hydrogen-bond acceptors (Lipinski definition) is 3. The smallest absolute Gasteiger partial charge is 0.237 e. The minimum atomic E-state index is -0.670. The van der Waals surface area contributed by atoms with Crippen LogP contribution in [0.25, 0.3) is 5.69 Å². The standard InChI is InChI=1S/C19H26F2N4O/c1-6-11(2)23-19(26)13(4)22-10-16-12(3)24-25(14(16)5)18-8-7-15(20)9-17(18)21/h7-9,11,13,22H,6,10H2,1-5H3,(H,23,26). The number of benzene rings is 1. The van der Waals surface area contributed by atoms with Gasteiger partial charge < -0.3 is 10.6 Å². The molecule has 2 aromatic rings. The quantitative estimate of drug-likeness (QED) is 0.793. The van der Waals surface area contributed by atoms with Crippen LogP contribution in [0.1, 0.15) is 44.1 Å². The molecular weight excluding hydrogens is 338 g/mol. The molecule has 0 aliphatic heterocycles. The number of rotatable bonds is 7. The molecule has 0 bridgehead atoms. The van der Waals surface area contributed by atoms with Crippen LogP contribution in [0.3, 0.4) is 0 Å². The second-order valence-electron chi connectivity index (χ2n) is 6.58. The minimum absolute atomic E-state index is 0.0633. The molecule has 26 heavy (non-hydrogen) atoms. The van der Waals surface area contributed by atoms with E-state index >= 15 is 0 Å². The highest BCUT2D eigenvalue weighted by atomic mass is 19.1. The molecule has 7 heteroatoms. The van der Waals surface area contributed by atoms with Gasteiger partial charge in [0.25, 0.3) is 0 Å². The molecule has 0 aliphatic carbocycles. The zero-order valence-corrected chi connectivity index (χ0v) is 15.9. The highest BCUT2D eigenvalue weighted by Gasteiger charge is 2.18. The highest BCUT2D eigenvalue weighted by Crippen LogP contribution is 2.20. The molecular formula is C19H26F2N4O. The molecule has 2 N–H and O–H groups in total. The molecule has 0 spiro atoms. The van der Waals surface area contributed by atoms with Crippen molar-refractivity contribution in [1.82, 2.24) is 20.4 Å². The van der Waals surface area contributed by atoms with E-state index < -0.39 is 11.6 Å². The second kappa shape index (κ2) is 8.40. The van der Waals surface area contributed by atoms with Gasteiger partial charge in [-0.15, -0.1) is 0 Å². The third kappa shape index (κ3) is 4.46. The van der Waals surface area contributed by atoms with Crippen molar-refractivity contribution in [2.45, 2.75) is 59.7 Å². The lowest BCUT2D eigenvalue weighted by molar-refractivity contribution is -0.123. The molecule has 1 aromatic heterocycles. The van der Waals surface area contributed by atoms with Crippen LogP contribution in [0.15, 0.2) is 18.2 Å². The zero-order chi connectivity index (χ0) is 19.4. The van der Waals surface area contributed by atoms with Crippen LogP contribution in [0, 0.1) is 25.5 Å². The molecule has 2 rings (SSSR count). The summed E-state index contributed by atoms with van der Waals surface area (Å²) in [6.07, 6.45) is 0.868. The number of amides is 1. The summed E-state index contributed by atoms with van der Waals surface area (Å²) >= 11 is 0. The fraction of sp³-hybridized carbons (Fsp3) is 0.474. The van der Waals surface area contributed by atoms with Gasteiger partial charge in [0.2, 0.25) is 5.91 Å². The molecule has 1 heterocycles. The van der Waals surface area contributed by atoms with E-state index in [1.54, 1.807) is 6.92 Å². The Hall–Kier alpha value is -2.28. The van der Waals surface area contributed by atoms with Crippen molar-refractivity contribution in [1.29, 1.82) is 0 Å². The maximum atomic E-state index is 14.1. The predicted octanol–water partition coefficient (Wildman–Crippen LogP) is 3.16. The molecule has 0 aliphatic rings. The highest BCUT2D eigenvalue weighted by molar-refractivity contribution is 5.81. The number of carbonyl (C=O) groups is 1. The first-order valence-electron chi connectivity index (χ1n) is 8.78. The number of nitrogens with zero attached hydrogens (tertiary/aromatic N) is 2. The summed E-state index contributed by atoms with van der Waals surface area (Å²) in [5, 5.41) is 10.5. The van der Waals surface area contributed by atoms with Crippen LogP contribution in [0.2, 0.25) is 0 Å². The normalized spacial score (nSPS) is 13.5. The van der Waals surface area contributed by atoms with Gasteiger partial charge in [-0.1, -0.05) is 6.92 Å². The molecule has 1 aromatic carbocycles. The average molecular weight is 364 g/mol. The Labute approximate surface area is 152 Å². The lowest BCUT2D eigenvalue weighted by atomic mass is 10.1. The summed E-state index contributed by atoms with van der Waals surface area (Å²) in [6.45, 7) is 9.84. The van der Waals surface area contributed by atoms with E-state index in [9.17, 15) is 13.6 Å². The van der Waals surface area contributed by atoms with Crippen LogP contribution in [0.5, 0.6) is 0 Å². The predicted molar refractivity (Wildman–Crippen MR) is 97.2 cm³/mol. The Morgan fingerprint density at radius 2 is 1.96 bits per heavy atom. The molecule has 0 radical (unpaired) electrons. The first-order valence-corrected chi connectivity index (χ1v) is 8.78. The molecule has 0 saturated carbocycles. The van der Waals surface area contributed by atoms with Crippen molar-refractivity contribution in [2.75, 3.05) is 0 Å². The number of aryl methyl sites for hydroxylation is 1. The average Bonchev–Trinajstić information content (AvgIpc) is 2.86. The van der Waals surface area contributed by atoms with Crippen LogP contribution < -0.4 is 10.6 Å². The van der Waals surface area contributed by atoms with E-state index in [0.717, 1.165) is 29.4 Å². The SMILES string of the molecule is CCC(C)NC(=O)C(C)NCc1c(C)nn(-c2ccc(F)cc2F)c1C. The van der Waals surface area contributed by atoms with Crippen molar-refractivity contribution in [3.63, 3.8) is 0 Å². The molecule has 2 unspecified atom stereocenters. The fourth-order valence-corrected chi connectivity index (χ4v) is 2.64. The van der Waals surface area contributed by atoms with Crippen LogP contribution in [-0.4, -0.2) is 27.8 Å². The van der Waals surface area contributed by atoms with Gasteiger partial charge in [-0.05, 0) is 46.2 Å². The number of aromatic nitrogens is 2. The van der Waals surface area contributed by atoms with Gasteiger partial charge in [-0.2, -0.15) is 5.10 Å². The molecule has 1 amide bonds.